The third-order valence-electron chi connectivity index (χ3n) is 8.94. The smallest absolute Gasteiger partial charge is 0.0727 e. The molecule has 0 saturated heterocycles. The van der Waals surface area contributed by atoms with Gasteiger partial charge in [-0.3, -0.25) is 0 Å². The molecule has 1 saturated carbocycles. The molecule has 200 valence electrons. The maximum Gasteiger partial charge on any atom is 0.0727 e. The molecule has 0 bridgehead atoms. The van der Waals surface area contributed by atoms with Crippen LogP contribution in [0.1, 0.15) is 23.0 Å². The van der Waals surface area contributed by atoms with Gasteiger partial charge in [-0.15, -0.1) is 0 Å². The Balaban J connectivity index is 1.37. The molecular formula is C36H34N2O2. The van der Waals surface area contributed by atoms with Crippen molar-refractivity contribution in [1.29, 1.82) is 0 Å². The van der Waals surface area contributed by atoms with Crippen molar-refractivity contribution >= 4 is 54.5 Å². The highest BCUT2D eigenvalue weighted by molar-refractivity contribution is 6.07. The van der Waals surface area contributed by atoms with Gasteiger partial charge in [0.1, 0.15) is 0 Å². The van der Waals surface area contributed by atoms with Crippen molar-refractivity contribution in [3.8, 4) is 0 Å². The summed E-state index contributed by atoms with van der Waals surface area (Å²) in [4.78, 5) is 4.25. The number of benzene rings is 6. The van der Waals surface area contributed by atoms with E-state index < -0.39 is 12.2 Å². The van der Waals surface area contributed by atoms with Crippen LogP contribution in [0.25, 0.3) is 43.1 Å². The predicted molar refractivity (Wildman–Crippen MR) is 169 cm³/mol. The summed E-state index contributed by atoms with van der Waals surface area (Å²) < 4.78 is 0. The van der Waals surface area contributed by atoms with Gasteiger partial charge in [-0.1, -0.05) is 60.7 Å². The normalized spacial score (nSPS) is 20.8. The fraction of sp³-hybridized carbons (Fsp3) is 0.222. The number of anilines is 2. The van der Waals surface area contributed by atoms with E-state index in [1.165, 1.54) is 10.8 Å². The Kier molecular flexibility index (Phi) is 5.74. The summed E-state index contributed by atoms with van der Waals surface area (Å²) in [7, 11) is 8.22. The lowest BCUT2D eigenvalue weighted by Gasteiger charge is -2.48. The minimum absolute atomic E-state index is 0.367. The molecule has 4 heteroatoms. The van der Waals surface area contributed by atoms with Crippen molar-refractivity contribution in [2.75, 3.05) is 38.0 Å². The van der Waals surface area contributed by atoms with E-state index in [1.54, 1.807) is 0 Å². The van der Waals surface area contributed by atoms with Gasteiger partial charge in [0.05, 0.1) is 12.2 Å². The molecule has 2 N–H and O–H groups in total. The van der Waals surface area contributed by atoms with Gasteiger partial charge in [0.15, 0.2) is 0 Å². The van der Waals surface area contributed by atoms with E-state index in [4.69, 9.17) is 0 Å². The number of aliphatic hydroxyl groups excluding tert-OH is 2. The molecule has 1 aliphatic rings. The van der Waals surface area contributed by atoms with Crippen LogP contribution in [0.4, 0.5) is 11.4 Å². The fourth-order valence-corrected chi connectivity index (χ4v) is 6.88. The van der Waals surface area contributed by atoms with E-state index in [-0.39, 0.29) is 11.8 Å². The highest BCUT2D eigenvalue weighted by atomic mass is 16.3. The highest BCUT2D eigenvalue weighted by Gasteiger charge is 2.51. The predicted octanol–water partition coefficient (Wildman–Crippen LogP) is 7.03. The largest absolute Gasteiger partial charge is 0.392 e. The molecular weight excluding hydrogens is 492 g/mol. The highest BCUT2D eigenvalue weighted by Crippen LogP contribution is 2.52. The summed E-state index contributed by atoms with van der Waals surface area (Å²) >= 11 is 0. The van der Waals surface area contributed by atoms with Crippen molar-refractivity contribution in [1.82, 2.24) is 0 Å². The number of aliphatic hydroxyl groups is 2. The zero-order chi connectivity index (χ0) is 27.7. The molecule has 1 fully saturated rings. The average molecular weight is 527 g/mol. The minimum atomic E-state index is -0.699. The van der Waals surface area contributed by atoms with Gasteiger partial charge < -0.3 is 20.0 Å². The van der Waals surface area contributed by atoms with Gasteiger partial charge in [-0.25, -0.2) is 0 Å². The van der Waals surface area contributed by atoms with Crippen LogP contribution in [-0.2, 0) is 0 Å². The van der Waals surface area contributed by atoms with Crippen LogP contribution in [0.5, 0.6) is 0 Å². The van der Waals surface area contributed by atoms with E-state index >= 15 is 0 Å². The summed E-state index contributed by atoms with van der Waals surface area (Å²) in [6, 6.07) is 34.1. The molecule has 0 unspecified atom stereocenters. The standard InChI is InChI=1S/C36H34N2O2/c1-37(2)31-15-13-25(27-17-21-9-5-7-11-23(21)19-29(27)31)33-35(39)34(36(33)40)26-14-16-32(38(3)4)30-20-24-12-8-6-10-22(24)18-28(26)30/h5-20,33-36,39-40H,1-4H3. The second-order valence-electron chi connectivity index (χ2n) is 11.7. The molecule has 0 spiro atoms. The van der Waals surface area contributed by atoms with Gasteiger partial charge >= 0.3 is 0 Å². The quantitative estimate of drug-likeness (QED) is 0.242. The molecule has 40 heavy (non-hydrogen) atoms. The zero-order valence-electron chi connectivity index (χ0n) is 23.3. The zero-order valence-corrected chi connectivity index (χ0v) is 23.3. The second-order valence-corrected chi connectivity index (χ2v) is 11.7. The SMILES string of the molecule is CN(C)c1ccc(C2C(O)C(c3ccc(N(C)C)c4cc5ccccc5cc34)C2O)c2cc3ccccc3cc12. The van der Waals surface area contributed by atoms with Gasteiger partial charge in [-0.05, 0) is 79.8 Å². The van der Waals surface area contributed by atoms with Crippen molar-refractivity contribution in [2.45, 2.75) is 24.0 Å². The van der Waals surface area contributed by atoms with E-state index in [9.17, 15) is 10.2 Å². The van der Waals surface area contributed by atoms with E-state index in [2.05, 4.69) is 135 Å². The molecule has 6 aromatic carbocycles. The number of nitrogens with zero attached hydrogens (tertiary/aromatic N) is 2. The van der Waals surface area contributed by atoms with Crippen molar-refractivity contribution < 1.29 is 10.2 Å². The Hall–Kier alpha value is -4.12. The van der Waals surface area contributed by atoms with Crippen LogP contribution < -0.4 is 9.80 Å². The molecule has 4 nitrogen and oxygen atoms in total. The van der Waals surface area contributed by atoms with Gasteiger partial charge in [-0.2, -0.15) is 0 Å². The number of rotatable bonds is 4. The molecule has 0 aliphatic heterocycles. The number of fused-ring (bicyclic) bond motifs is 4. The molecule has 0 heterocycles. The van der Waals surface area contributed by atoms with Crippen LogP contribution in [0.2, 0.25) is 0 Å². The van der Waals surface area contributed by atoms with Gasteiger partial charge in [0.2, 0.25) is 0 Å². The molecule has 0 atom stereocenters. The number of hydrogen-bond acceptors (Lipinski definition) is 4. The summed E-state index contributed by atoms with van der Waals surface area (Å²) in [5, 5.41) is 32.7. The minimum Gasteiger partial charge on any atom is -0.392 e. The van der Waals surface area contributed by atoms with Crippen LogP contribution >= 0.6 is 0 Å². The van der Waals surface area contributed by atoms with Crippen molar-refractivity contribution in [2.24, 2.45) is 0 Å². The van der Waals surface area contributed by atoms with Crippen molar-refractivity contribution in [3.63, 3.8) is 0 Å². The fourth-order valence-electron chi connectivity index (χ4n) is 6.88. The third-order valence-corrected chi connectivity index (χ3v) is 8.94. The first-order valence-electron chi connectivity index (χ1n) is 13.9. The van der Waals surface area contributed by atoms with Crippen LogP contribution in [0.3, 0.4) is 0 Å². The molecule has 0 radical (unpaired) electrons. The maximum absolute atomic E-state index is 11.8. The molecule has 0 aromatic heterocycles. The third kappa shape index (κ3) is 3.67. The lowest BCUT2D eigenvalue weighted by molar-refractivity contribution is -0.0775. The van der Waals surface area contributed by atoms with Crippen LogP contribution in [0, 0.1) is 0 Å². The summed E-state index contributed by atoms with van der Waals surface area (Å²) in [6.45, 7) is 0. The number of hydrogen-bond donors (Lipinski definition) is 2. The van der Waals surface area contributed by atoms with Crippen molar-refractivity contribution in [3.05, 3.63) is 108 Å². The Labute approximate surface area is 234 Å². The van der Waals surface area contributed by atoms with E-state index in [0.717, 1.165) is 54.8 Å². The molecule has 6 aromatic rings. The molecule has 7 rings (SSSR count). The first kappa shape index (κ1) is 24.9. The average Bonchev–Trinajstić information content (AvgIpc) is 2.95. The van der Waals surface area contributed by atoms with Crippen LogP contribution in [-0.4, -0.2) is 50.6 Å². The Morgan fingerprint density at radius 2 is 0.775 bits per heavy atom. The second kappa shape index (κ2) is 9.22. The monoisotopic (exact) mass is 526 g/mol. The molecule has 0 amide bonds. The first-order valence-corrected chi connectivity index (χ1v) is 13.9. The van der Waals surface area contributed by atoms with E-state index in [1.807, 2.05) is 0 Å². The summed E-state index contributed by atoms with van der Waals surface area (Å²) in [5.41, 5.74) is 4.26. The van der Waals surface area contributed by atoms with Gasteiger partial charge in [0.25, 0.3) is 0 Å². The Bertz CT molecular complexity index is 1780. The lowest BCUT2D eigenvalue weighted by atomic mass is 9.62. The topological polar surface area (TPSA) is 46.9 Å². The van der Waals surface area contributed by atoms with Crippen LogP contribution in [0.15, 0.2) is 97.1 Å². The summed E-state index contributed by atoms with van der Waals surface area (Å²) in [6.07, 6.45) is -1.40. The lowest BCUT2D eigenvalue weighted by Crippen LogP contribution is -2.51. The maximum atomic E-state index is 11.8. The Morgan fingerprint density at radius 1 is 0.450 bits per heavy atom. The summed E-state index contributed by atoms with van der Waals surface area (Å²) in [5.74, 6) is -0.734. The Morgan fingerprint density at radius 3 is 1.10 bits per heavy atom. The van der Waals surface area contributed by atoms with E-state index in [0.29, 0.717) is 0 Å². The first-order chi connectivity index (χ1) is 19.3. The van der Waals surface area contributed by atoms with Gasteiger partial charge in [0, 0.05) is 62.2 Å². The molecule has 1 aliphatic carbocycles.